The topological polar surface area (TPSA) is 52.2 Å². The Bertz CT molecular complexity index is 1200. The Kier molecular flexibility index (Phi) is 5.79. The van der Waals surface area contributed by atoms with E-state index in [1.54, 1.807) is 14.2 Å². The van der Waals surface area contributed by atoms with Crippen molar-refractivity contribution < 1.29 is 18.9 Å². The van der Waals surface area contributed by atoms with Crippen molar-refractivity contribution in [1.29, 1.82) is 0 Å². The van der Waals surface area contributed by atoms with Crippen LogP contribution in [0.15, 0.2) is 66.7 Å². The second-order valence-electron chi connectivity index (χ2n) is 7.77. The number of benzene rings is 3. The Morgan fingerprint density at radius 3 is 2.48 bits per heavy atom. The second-order valence-corrected chi connectivity index (χ2v) is 8.20. The highest BCUT2D eigenvalue weighted by molar-refractivity contribution is 6.30. The van der Waals surface area contributed by atoms with Crippen LogP contribution in [0, 0.1) is 0 Å². The highest BCUT2D eigenvalue weighted by Gasteiger charge is 2.40. The first-order valence-corrected chi connectivity index (χ1v) is 11.2. The number of fused-ring (bicyclic) bond motifs is 3. The van der Waals surface area contributed by atoms with E-state index in [1.165, 1.54) is 0 Å². The van der Waals surface area contributed by atoms with Crippen LogP contribution < -0.4 is 24.4 Å². The molecule has 170 valence electrons. The highest BCUT2D eigenvalue weighted by Crippen LogP contribution is 2.47. The minimum Gasteiger partial charge on any atom is -0.494 e. The van der Waals surface area contributed by atoms with E-state index < -0.39 is 0 Å². The molecule has 1 N–H and O–H groups in total. The number of methoxy groups -OCH3 is 2. The van der Waals surface area contributed by atoms with Gasteiger partial charge in [-0.1, -0.05) is 11.6 Å². The highest BCUT2D eigenvalue weighted by atomic mass is 35.5. The largest absolute Gasteiger partial charge is 0.494 e. The Morgan fingerprint density at radius 2 is 1.76 bits per heavy atom. The van der Waals surface area contributed by atoms with Crippen molar-refractivity contribution in [3.8, 4) is 23.0 Å². The quantitative estimate of drug-likeness (QED) is 0.501. The van der Waals surface area contributed by atoms with Crippen molar-refractivity contribution >= 4 is 17.3 Å². The van der Waals surface area contributed by atoms with E-state index in [-0.39, 0.29) is 12.3 Å². The van der Waals surface area contributed by atoms with Crippen molar-refractivity contribution in [3.05, 3.63) is 88.5 Å². The maximum absolute atomic E-state index is 6.45. The first kappa shape index (κ1) is 21.5. The third kappa shape index (κ3) is 3.96. The van der Waals surface area contributed by atoms with Gasteiger partial charge in [0.15, 0.2) is 17.7 Å². The van der Waals surface area contributed by atoms with Crippen LogP contribution in [0.1, 0.15) is 35.9 Å². The maximum Gasteiger partial charge on any atom is 0.196 e. The van der Waals surface area contributed by atoms with Crippen molar-refractivity contribution in [1.82, 2.24) is 10.4 Å². The lowest BCUT2D eigenvalue weighted by Gasteiger charge is -2.39. The van der Waals surface area contributed by atoms with Crippen LogP contribution in [0.25, 0.3) is 5.70 Å². The molecule has 0 aliphatic carbocycles. The molecule has 2 aliphatic heterocycles. The Balaban J connectivity index is 1.54. The lowest BCUT2D eigenvalue weighted by Crippen LogP contribution is -2.43. The molecule has 2 atom stereocenters. The van der Waals surface area contributed by atoms with Crippen LogP contribution in [0.4, 0.5) is 0 Å². The number of hydrogen-bond donors (Lipinski definition) is 1. The molecular formula is C26H25ClN2O4. The van der Waals surface area contributed by atoms with Gasteiger partial charge in [0.05, 0.1) is 32.6 Å². The van der Waals surface area contributed by atoms with E-state index in [2.05, 4.69) is 16.5 Å². The summed E-state index contributed by atoms with van der Waals surface area (Å²) >= 11 is 6.33. The number of nitrogens with zero attached hydrogens (tertiary/aromatic N) is 1. The first-order chi connectivity index (χ1) is 16.1. The maximum atomic E-state index is 6.45. The monoisotopic (exact) mass is 464 g/mol. The fraction of sp³-hybridized carbons (Fsp3) is 0.231. The number of rotatable bonds is 6. The zero-order valence-corrected chi connectivity index (χ0v) is 19.4. The van der Waals surface area contributed by atoms with E-state index in [1.807, 2.05) is 67.6 Å². The fourth-order valence-electron chi connectivity index (χ4n) is 4.26. The van der Waals surface area contributed by atoms with Gasteiger partial charge in [-0.2, -0.15) is 5.01 Å². The van der Waals surface area contributed by atoms with Crippen LogP contribution >= 0.6 is 11.6 Å². The van der Waals surface area contributed by atoms with Crippen LogP contribution in [-0.2, 0) is 0 Å². The van der Waals surface area contributed by atoms with Crippen LogP contribution in [0.2, 0.25) is 5.02 Å². The molecule has 5 rings (SSSR count). The predicted octanol–water partition coefficient (Wildman–Crippen LogP) is 5.75. The van der Waals surface area contributed by atoms with Gasteiger partial charge in [0.2, 0.25) is 0 Å². The average Bonchev–Trinajstić information content (AvgIpc) is 3.30. The molecule has 7 heteroatoms. The van der Waals surface area contributed by atoms with Crippen LogP contribution in [0.5, 0.6) is 23.0 Å². The van der Waals surface area contributed by atoms with Crippen molar-refractivity contribution in [3.63, 3.8) is 0 Å². The molecule has 6 nitrogen and oxygen atoms in total. The Hall–Kier alpha value is -3.35. The second kappa shape index (κ2) is 8.89. The van der Waals surface area contributed by atoms with Crippen molar-refractivity contribution in [2.75, 3.05) is 20.8 Å². The molecule has 2 aliphatic rings. The lowest BCUT2D eigenvalue weighted by atomic mass is 10.0. The molecule has 3 aromatic carbocycles. The molecule has 0 spiro atoms. The molecule has 0 fully saturated rings. The van der Waals surface area contributed by atoms with E-state index in [4.69, 9.17) is 30.5 Å². The van der Waals surface area contributed by atoms with Crippen molar-refractivity contribution in [2.45, 2.75) is 19.2 Å². The number of hydrogen-bond acceptors (Lipinski definition) is 6. The normalized spacial score (nSPS) is 19.0. The molecule has 0 radical (unpaired) electrons. The molecule has 2 heterocycles. The van der Waals surface area contributed by atoms with Gasteiger partial charge in [-0.25, -0.2) is 0 Å². The molecule has 0 aromatic heterocycles. The zero-order valence-electron chi connectivity index (χ0n) is 18.7. The standard InChI is InChI=1S/C26H25ClN2O4/c1-4-32-19-9-5-16(6-10-19)21-15-22-20-14-18(27)8-12-23(20)33-26(29(22)28-21)17-7-11-24(30-2)25(13-17)31-3/h5-15,22,26,28H,4H2,1-3H3. The summed E-state index contributed by atoms with van der Waals surface area (Å²) in [6.07, 6.45) is 1.81. The minimum absolute atomic E-state index is 0.0629. The van der Waals surface area contributed by atoms with Crippen molar-refractivity contribution in [2.24, 2.45) is 0 Å². The SMILES string of the molecule is CCOc1ccc(C2=CC3c4cc(Cl)ccc4OC(c4ccc(OC)c(OC)c4)N3N2)cc1. The average molecular weight is 465 g/mol. The molecule has 2 unspecified atom stereocenters. The van der Waals surface area contributed by atoms with E-state index in [9.17, 15) is 0 Å². The summed E-state index contributed by atoms with van der Waals surface area (Å²) in [4.78, 5) is 0. The molecule has 0 saturated heterocycles. The fourth-order valence-corrected chi connectivity index (χ4v) is 4.44. The van der Waals surface area contributed by atoms with Crippen LogP contribution in [0.3, 0.4) is 0 Å². The molecule has 3 aromatic rings. The Labute approximate surface area is 198 Å². The van der Waals surface area contributed by atoms with Gasteiger partial charge in [0.1, 0.15) is 11.5 Å². The zero-order chi connectivity index (χ0) is 22.9. The molecule has 0 saturated carbocycles. The minimum atomic E-state index is -0.389. The molecular weight excluding hydrogens is 440 g/mol. The molecule has 0 bridgehead atoms. The summed E-state index contributed by atoms with van der Waals surface area (Å²) in [5.41, 5.74) is 7.54. The summed E-state index contributed by atoms with van der Waals surface area (Å²) in [5, 5.41) is 2.76. The summed E-state index contributed by atoms with van der Waals surface area (Å²) in [5.74, 6) is 2.96. The number of nitrogens with one attached hydrogen (secondary N) is 1. The summed E-state index contributed by atoms with van der Waals surface area (Å²) in [6, 6.07) is 19.5. The van der Waals surface area contributed by atoms with Gasteiger partial charge in [-0.15, -0.1) is 0 Å². The predicted molar refractivity (Wildman–Crippen MR) is 128 cm³/mol. The summed E-state index contributed by atoms with van der Waals surface area (Å²) in [7, 11) is 3.25. The Morgan fingerprint density at radius 1 is 0.970 bits per heavy atom. The van der Waals surface area contributed by atoms with Gasteiger partial charge >= 0.3 is 0 Å². The first-order valence-electron chi connectivity index (χ1n) is 10.8. The van der Waals surface area contributed by atoms with Gasteiger partial charge in [-0.05, 0) is 79.2 Å². The number of hydrazine groups is 1. The molecule has 0 amide bonds. The molecule has 33 heavy (non-hydrogen) atoms. The van der Waals surface area contributed by atoms with Gasteiger partial charge in [-0.3, -0.25) is 0 Å². The lowest BCUT2D eigenvalue weighted by molar-refractivity contribution is -0.0327. The van der Waals surface area contributed by atoms with Gasteiger partial charge < -0.3 is 24.4 Å². The smallest absolute Gasteiger partial charge is 0.196 e. The van der Waals surface area contributed by atoms with E-state index in [0.29, 0.717) is 23.1 Å². The summed E-state index contributed by atoms with van der Waals surface area (Å²) < 4.78 is 23.0. The van der Waals surface area contributed by atoms with Gasteiger partial charge in [0.25, 0.3) is 0 Å². The number of ether oxygens (including phenoxy) is 4. The number of halogens is 1. The third-order valence-electron chi connectivity index (χ3n) is 5.82. The summed E-state index contributed by atoms with van der Waals surface area (Å²) in [6.45, 7) is 2.61. The van der Waals surface area contributed by atoms with E-state index >= 15 is 0 Å². The van der Waals surface area contributed by atoms with E-state index in [0.717, 1.165) is 33.9 Å². The van der Waals surface area contributed by atoms with Gasteiger partial charge in [0, 0.05) is 16.1 Å². The third-order valence-corrected chi connectivity index (χ3v) is 6.06. The van der Waals surface area contributed by atoms with Crippen LogP contribution in [-0.4, -0.2) is 25.8 Å².